The van der Waals surface area contributed by atoms with Crippen molar-refractivity contribution in [1.29, 1.82) is 0 Å². The fourth-order valence-corrected chi connectivity index (χ4v) is 2.16. The first-order chi connectivity index (χ1) is 10.7. The fraction of sp³-hybridized carbons (Fsp3) is 0.412. The van der Waals surface area contributed by atoms with E-state index in [-0.39, 0.29) is 5.91 Å². The van der Waals surface area contributed by atoms with Gasteiger partial charge in [0, 0.05) is 12.3 Å². The lowest BCUT2D eigenvalue weighted by Gasteiger charge is -2.11. The van der Waals surface area contributed by atoms with Gasteiger partial charge < -0.3 is 10.1 Å². The number of anilines is 1. The summed E-state index contributed by atoms with van der Waals surface area (Å²) >= 11 is 0. The number of ether oxygens (including phenoxy) is 1. The van der Waals surface area contributed by atoms with Gasteiger partial charge in [-0.2, -0.15) is 5.10 Å². The smallest absolute Gasteiger partial charge is 0.254 e. The maximum Gasteiger partial charge on any atom is 0.254 e. The number of rotatable bonds is 7. The van der Waals surface area contributed by atoms with Crippen molar-refractivity contribution in [3.05, 3.63) is 48.2 Å². The Morgan fingerprint density at radius 2 is 2.14 bits per heavy atom. The first-order valence-corrected chi connectivity index (χ1v) is 7.70. The molecule has 116 valence electrons. The summed E-state index contributed by atoms with van der Waals surface area (Å²) in [7, 11) is 0. The quantitative estimate of drug-likeness (QED) is 0.855. The molecule has 22 heavy (non-hydrogen) atoms. The van der Waals surface area contributed by atoms with Gasteiger partial charge >= 0.3 is 0 Å². The number of aromatic nitrogens is 2. The van der Waals surface area contributed by atoms with Crippen molar-refractivity contribution in [3.8, 4) is 0 Å². The number of carbonyl (C=O) groups excluding carboxylic acids is 1. The summed E-state index contributed by atoms with van der Waals surface area (Å²) in [6.07, 6.45) is 3.86. The van der Waals surface area contributed by atoms with Crippen LogP contribution >= 0.6 is 0 Å². The molecule has 1 amide bonds. The number of hydrogen-bond donors (Lipinski definition) is 1. The summed E-state index contributed by atoms with van der Waals surface area (Å²) in [5.41, 5.74) is 1.17. The van der Waals surface area contributed by atoms with Crippen LogP contribution in [-0.2, 0) is 16.1 Å². The molecule has 1 aromatic carbocycles. The average molecular weight is 299 g/mol. The van der Waals surface area contributed by atoms with Crippen molar-refractivity contribution in [3.63, 3.8) is 0 Å². The Morgan fingerprint density at radius 1 is 1.36 bits per heavy atom. The van der Waals surface area contributed by atoms with Gasteiger partial charge in [0.2, 0.25) is 0 Å². The zero-order valence-electron chi connectivity index (χ0n) is 12.7. The predicted molar refractivity (Wildman–Crippen MR) is 84.5 cm³/mol. The third-order valence-electron chi connectivity index (χ3n) is 3.73. The van der Waals surface area contributed by atoms with Crippen LogP contribution in [0.5, 0.6) is 0 Å². The molecule has 3 rings (SSSR count). The van der Waals surface area contributed by atoms with Crippen LogP contribution in [-0.4, -0.2) is 28.4 Å². The molecule has 0 aliphatic heterocycles. The van der Waals surface area contributed by atoms with Crippen LogP contribution in [0, 0.1) is 5.92 Å². The van der Waals surface area contributed by atoms with Crippen LogP contribution in [0.2, 0.25) is 0 Å². The first-order valence-electron chi connectivity index (χ1n) is 7.70. The van der Waals surface area contributed by atoms with E-state index in [1.165, 1.54) is 18.4 Å². The molecule has 1 N–H and O–H groups in total. The maximum atomic E-state index is 12.0. The SMILES string of the molecule is CC(OCC1CC1)C(=O)Nc1ccn(Cc2ccccc2)n1. The molecule has 5 heteroatoms. The van der Waals surface area contributed by atoms with Crippen molar-refractivity contribution in [2.24, 2.45) is 5.92 Å². The fourth-order valence-electron chi connectivity index (χ4n) is 2.16. The summed E-state index contributed by atoms with van der Waals surface area (Å²) in [5.74, 6) is 1.06. The van der Waals surface area contributed by atoms with E-state index in [0.29, 0.717) is 24.9 Å². The minimum atomic E-state index is -0.445. The Bertz CT molecular complexity index is 620. The first kappa shape index (κ1) is 14.8. The molecule has 1 aliphatic rings. The van der Waals surface area contributed by atoms with E-state index in [0.717, 1.165) is 0 Å². The number of carbonyl (C=O) groups is 1. The molecule has 0 spiro atoms. The summed E-state index contributed by atoms with van der Waals surface area (Å²) in [5, 5.41) is 7.16. The van der Waals surface area contributed by atoms with E-state index >= 15 is 0 Å². The van der Waals surface area contributed by atoms with Gasteiger partial charge in [-0.05, 0) is 31.2 Å². The second-order valence-electron chi connectivity index (χ2n) is 5.79. The molecular formula is C17H21N3O2. The van der Waals surface area contributed by atoms with E-state index in [9.17, 15) is 4.79 Å². The Labute approximate surface area is 130 Å². The minimum absolute atomic E-state index is 0.148. The van der Waals surface area contributed by atoms with Crippen molar-refractivity contribution in [2.45, 2.75) is 32.4 Å². The van der Waals surface area contributed by atoms with E-state index in [2.05, 4.69) is 10.4 Å². The van der Waals surface area contributed by atoms with Crippen molar-refractivity contribution >= 4 is 11.7 Å². The van der Waals surface area contributed by atoms with Crippen LogP contribution in [0.4, 0.5) is 5.82 Å². The molecule has 1 atom stereocenters. The minimum Gasteiger partial charge on any atom is -0.368 e. The van der Waals surface area contributed by atoms with Gasteiger partial charge in [0.15, 0.2) is 5.82 Å². The molecule has 0 bridgehead atoms. The van der Waals surface area contributed by atoms with E-state index in [1.54, 1.807) is 17.7 Å². The van der Waals surface area contributed by atoms with Crippen LogP contribution in [0.1, 0.15) is 25.3 Å². The molecular weight excluding hydrogens is 278 g/mol. The molecule has 2 aromatic rings. The van der Waals surface area contributed by atoms with Gasteiger partial charge in [-0.3, -0.25) is 9.48 Å². The molecule has 1 heterocycles. The van der Waals surface area contributed by atoms with Gasteiger partial charge in [-0.25, -0.2) is 0 Å². The summed E-state index contributed by atoms with van der Waals surface area (Å²) in [6.45, 7) is 3.14. The van der Waals surface area contributed by atoms with Gasteiger partial charge in [0.1, 0.15) is 6.10 Å². The monoisotopic (exact) mass is 299 g/mol. The number of nitrogens with zero attached hydrogens (tertiary/aromatic N) is 2. The predicted octanol–water partition coefficient (Wildman–Crippen LogP) is 2.69. The Morgan fingerprint density at radius 3 is 2.86 bits per heavy atom. The van der Waals surface area contributed by atoms with Crippen LogP contribution in [0.15, 0.2) is 42.6 Å². The summed E-state index contributed by atoms with van der Waals surface area (Å²) in [6, 6.07) is 11.9. The van der Waals surface area contributed by atoms with Gasteiger partial charge in [0.25, 0.3) is 5.91 Å². The lowest BCUT2D eigenvalue weighted by Crippen LogP contribution is -2.28. The largest absolute Gasteiger partial charge is 0.368 e. The lowest BCUT2D eigenvalue weighted by atomic mass is 10.2. The molecule has 0 radical (unpaired) electrons. The normalized spacial score (nSPS) is 15.5. The second kappa shape index (κ2) is 6.75. The summed E-state index contributed by atoms with van der Waals surface area (Å²) < 4.78 is 7.36. The molecule has 1 aliphatic carbocycles. The number of amides is 1. The Kier molecular flexibility index (Phi) is 4.53. The second-order valence-corrected chi connectivity index (χ2v) is 5.79. The molecule has 1 aromatic heterocycles. The van der Waals surface area contributed by atoms with E-state index < -0.39 is 6.10 Å². The number of nitrogens with one attached hydrogen (secondary N) is 1. The highest BCUT2D eigenvalue weighted by molar-refractivity contribution is 5.92. The standard InChI is InChI=1S/C17H21N3O2/c1-13(22-12-15-7-8-15)17(21)18-16-9-10-20(19-16)11-14-5-3-2-4-6-14/h2-6,9-10,13,15H,7-8,11-12H2,1H3,(H,18,19,21). The molecule has 5 nitrogen and oxygen atoms in total. The highest BCUT2D eigenvalue weighted by Gasteiger charge is 2.24. The maximum absolute atomic E-state index is 12.0. The van der Waals surface area contributed by atoms with Crippen LogP contribution in [0.3, 0.4) is 0 Å². The molecule has 0 saturated heterocycles. The third kappa shape index (κ3) is 4.18. The zero-order chi connectivity index (χ0) is 15.4. The lowest BCUT2D eigenvalue weighted by molar-refractivity contribution is -0.126. The van der Waals surface area contributed by atoms with Gasteiger partial charge in [0.05, 0.1) is 13.2 Å². The Hall–Kier alpha value is -2.14. The van der Waals surface area contributed by atoms with E-state index in [4.69, 9.17) is 4.74 Å². The number of hydrogen-bond acceptors (Lipinski definition) is 3. The van der Waals surface area contributed by atoms with Crippen molar-refractivity contribution in [1.82, 2.24) is 9.78 Å². The average Bonchev–Trinajstić information content (AvgIpc) is 3.26. The topological polar surface area (TPSA) is 56.1 Å². The van der Waals surface area contributed by atoms with Crippen molar-refractivity contribution in [2.75, 3.05) is 11.9 Å². The van der Waals surface area contributed by atoms with Crippen LogP contribution < -0.4 is 5.32 Å². The molecule has 1 unspecified atom stereocenters. The highest BCUT2D eigenvalue weighted by atomic mass is 16.5. The molecule has 1 saturated carbocycles. The highest BCUT2D eigenvalue weighted by Crippen LogP contribution is 2.29. The number of benzene rings is 1. The van der Waals surface area contributed by atoms with Crippen molar-refractivity contribution < 1.29 is 9.53 Å². The third-order valence-corrected chi connectivity index (χ3v) is 3.73. The van der Waals surface area contributed by atoms with Crippen LogP contribution in [0.25, 0.3) is 0 Å². The summed E-state index contributed by atoms with van der Waals surface area (Å²) in [4.78, 5) is 12.0. The van der Waals surface area contributed by atoms with E-state index in [1.807, 2.05) is 36.5 Å². The molecule has 1 fully saturated rings. The van der Waals surface area contributed by atoms with Gasteiger partial charge in [-0.1, -0.05) is 30.3 Å². The van der Waals surface area contributed by atoms with Gasteiger partial charge in [-0.15, -0.1) is 0 Å². The Balaban J connectivity index is 1.51. The zero-order valence-corrected chi connectivity index (χ0v) is 12.7.